The molecule has 0 bridgehead atoms. The Hall–Kier alpha value is -0.640. The van der Waals surface area contributed by atoms with Gasteiger partial charge in [-0.15, -0.1) is 13.2 Å². The summed E-state index contributed by atoms with van der Waals surface area (Å²) in [5, 5.41) is 9.13. The molecule has 0 aromatic rings. The highest BCUT2D eigenvalue weighted by atomic mass is 16.5. The van der Waals surface area contributed by atoms with Gasteiger partial charge in [-0.3, -0.25) is 0 Å². The second-order valence-corrected chi connectivity index (χ2v) is 2.15. The molecule has 1 unspecified atom stereocenters. The van der Waals surface area contributed by atoms with Gasteiger partial charge < -0.3 is 14.6 Å². The molecule has 0 heterocycles. The van der Waals surface area contributed by atoms with E-state index in [4.69, 9.17) is 14.6 Å². The van der Waals surface area contributed by atoms with Crippen molar-refractivity contribution in [3.63, 3.8) is 0 Å². The molecule has 1 radical (unpaired) electrons. The van der Waals surface area contributed by atoms with Crippen LogP contribution in [0.1, 0.15) is 0 Å². The molecule has 0 fully saturated rings. The Bertz CT molecular complexity index is 109. The van der Waals surface area contributed by atoms with Gasteiger partial charge in [-0.25, -0.2) is 0 Å². The minimum atomic E-state index is -0.690. The maximum absolute atomic E-state index is 9.13. The van der Waals surface area contributed by atoms with Crippen LogP contribution in [0.3, 0.4) is 0 Å². The molecule has 0 aliphatic heterocycles. The van der Waals surface area contributed by atoms with Crippen LogP contribution in [-0.4, -0.2) is 31.0 Å². The number of aliphatic hydroxyl groups is 1. The molecule has 0 spiro atoms. The molecule has 69 valence electrons. The van der Waals surface area contributed by atoms with Crippen molar-refractivity contribution in [1.29, 1.82) is 0 Å². The molecule has 0 amide bonds. The first kappa shape index (κ1) is 11.4. The van der Waals surface area contributed by atoms with E-state index in [1.807, 2.05) is 0 Å². The summed E-state index contributed by atoms with van der Waals surface area (Å²) in [7, 11) is 0. The van der Waals surface area contributed by atoms with Crippen molar-refractivity contribution in [3.05, 3.63) is 31.9 Å². The first-order chi connectivity index (χ1) is 5.81. The van der Waals surface area contributed by atoms with Crippen LogP contribution in [0.25, 0.3) is 0 Å². The highest BCUT2D eigenvalue weighted by Gasteiger charge is 2.03. The summed E-state index contributed by atoms with van der Waals surface area (Å²) in [4.78, 5) is 0. The monoisotopic (exact) mass is 171 g/mol. The highest BCUT2D eigenvalue weighted by Crippen LogP contribution is 1.93. The lowest BCUT2D eigenvalue weighted by atomic mass is 10.4. The minimum absolute atomic E-state index is 0.225. The number of hydrogen-bond donors (Lipinski definition) is 1. The van der Waals surface area contributed by atoms with Crippen LogP contribution in [0.5, 0.6) is 0 Å². The van der Waals surface area contributed by atoms with Gasteiger partial charge in [0.1, 0.15) is 12.7 Å². The van der Waals surface area contributed by atoms with Crippen LogP contribution in [-0.2, 0) is 9.47 Å². The summed E-state index contributed by atoms with van der Waals surface area (Å²) in [5.41, 5.74) is 0. The molecule has 0 rings (SSSR count). The molecular formula is C9H15O3. The number of hydrogen-bond acceptors (Lipinski definition) is 3. The van der Waals surface area contributed by atoms with Crippen molar-refractivity contribution in [2.24, 2.45) is 0 Å². The average molecular weight is 171 g/mol. The van der Waals surface area contributed by atoms with E-state index in [1.165, 1.54) is 6.61 Å². The first-order valence-corrected chi connectivity index (χ1v) is 3.73. The fraction of sp³-hybridized carbons (Fsp3) is 0.444. The molecule has 0 aromatic heterocycles. The normalized spacial score (nSPS) is 10.2. The van der Waals surface area contributed by atoms with E-state index in [2.05, 4.69) is 13.2 Å². The van der Waals surface area contributed by atoms with Crippen molar-refractivity contribution in [2.75, 3.05) is 19.8 Å². The molecule has 0 aliphatic rings. The van der Waals surface area contributed by atoms with Crippen molar-refractivity contribution in [2.45, 2.75) is 6.10 Å². The summed E-state index contributed by atoms with van der Waals surface area (Å²) in [6, 6.07) is 0. The predicted octanol–water partition coefficient (Wildman–Crippen LogP) is 0.914. The van der Waals surface area contributed by atoms with Crippen LogP contribution in [0.4, 0.5) is 0 Å². The predicted molar refractivity (Wildman–Crippen MR) is 47.5 cm³/mol. The Balaban J connectivity index is 3.14. The van der Waals surface area contributed by atoms with Crippen molar-refractivity contribution < 1.29 is 14.6 Å². The van der Waals surface area contributed by atoms with Crippen molar-refractivity contribution >= 4 is 0 Å². The molecule has 0 saturated carbocycles. The summed E-state index contributed by atoms with van der Waals surface area (Å²) in [6.07, 6.45) is 2.54. The van der Waals surface area contributed by atoms with E-state index >= 15 is 0 Å². The number of ether oxygens (including phenoxy) is 2. The molecule has 3 heteroatoms. The molecule has 0 aliphatic carbocycles. The summed E-state index contributed by atoms with van der Waals surface area (Å²) >= 11 is 0. The molecule has 0 aromatic carbocycles. The fourth-order valence-electron chi connectivity index (χ4n) is 0.546. The largest absolute Gasteiger partial charge is 0.388 e. The molecule has 12 heavy (non-hydrogen) atoms. The Kier molecular flexibility index (Phi) is 8.01. The standard InChI is InChI=1S/C9H15O3/c1-3-5-11-7-9(10)8-12-6-4-2/h3-4,7,9-10H,1-2,5-6,8H2. The van der Waals surface area contributed by atoms with Crippen LogP contribution in [0.2, 0.25) is 0 Å². The Labute approximate surface area is 73.3 Å². The molecular weight excluding hydrogens is 156 g/mol. The van der Waals surface area contributed by atoms with E-state index < -0.39 is 6.10 Å². The average Bonchev–Trinajstić information content (AvgIpc) is 2.06. The molecule has 3 nitrogen and oxygen atoms in total. The van der Waals surface area contributed by atoms with Crippen LogP contribution in [0, 0.1) is 6.61 Å². The van der Waals surface area contributed by atoms with Crippen LogP contribution in [0.15, 0.2) is 25.3 Å². The van der Waals surface area contributed by atoms with Gasteiger partial charge in [0, 0.05) is 0 Å². The summed E-state index contributed by atoms with van der Waals surface area (Å²) < 4.78 is 9.85. The fourth-order valence-corrected chi connectivity index (χ4v) is 0.546. The first-order valence-electron chi connectivity index (χ1n) is 3.73. The lowest BCUT2D eigenvalue weighted by molar-refractivity contribution is 0.0277. The molecule has 0 saturated heterocycles. The molecule has 1 atom stereocenters. The van der Waals surface area contributed by atoms with Crippen LogP contribution >= 0.6 is 0 Å². The zero-order valence-corrected chi connectivity index (χ0v) is 7.11. The van der Waals surface area contributed by atoms with E-state index in [0.717, 1.165) is 0 Å². The van der Waals surface area contributed by atoms with Gasteiger partial charge in [-0.05, 0) is 0 Å². The maximum atomic E-state index is 9.13. The smallest absolute Gasteiger partial charge is 0.115 e. The number of rotatable bonds is 8. The zero-order valence-electron chi connectivity index (χ0n) is 7.11. The zero-order chi connectivity index (χ0) is 9.23. The van der Waals surface area contributed by atoms with Gasteiger partial charge in [0.2, 0.25) is 0 Å². The van der Waals surface area contributed by atoms with Crippen molar-refractivity contribution in [1.82, 2.24) is 0 Å². The minimum Gasteiger partial charge on any atom is -0.388 e. The second-order valence-electron chi connectivity index (χ2n) is 2.15. The highest BCUT2D eigenvalue weighted by molar-refractivity contribution is 4.71. The van der Waals surface area contributed by atoms with E-state index in [1.54, 1.807) is 12.2 Å². The maximum Gasteiger partial charge on any atom is 0.115 e. The van der Waals surface area contributed by atoms with E-state index in [0.29, 0.717) is 13.2 Å². The van der Waals surface area contributed by atoms with E-state index in [9.17, 15) is 0 Å². The lowest BCUT2D eigenvalue weighted by Gasteiger charge is -2.08. The van der Waals surface area contributed by atoms with Gasteiger partial charge in [0.05, 0.1) is 19.8 Å². The lowest BCUT2D eigenvalue weighted by Crippen LogP contribution is -2.17. The number of aliphatic hydroxyl groups excluding tert-OH is 1. The topological polar surface area (TPSA) is 38.7 Å². The summed E-state index contributed by atoms with van der Waals surface area (Å²) in [5.74, 6) is 0. The Morgan fingerprint density at radius 1 is 1.25 bits per heavy atom. The summed E-state index contributed by atoms with van der Waals surface area (Å²) in [6.45, 7) is 9.32. The third kappa shape index (κ3) is 7.47. The van der Waals surface area contributed by atoms with Crippen molar-refractivity contribution in [3.8, 4) is 0 Å². The molecule has 1 N–H and O–H groups in total. The third-order valence-corrected chi connectivity index (χ3v) is 0.992. The van der Waals surface area contributed by atoms with Gasteiger partial charge >= 0.3 is 0 Å². The van der Waals surface area contributed by atoms with E-state index in [-0.39, 0.29) is 6.61 Å². The van der Waals surface area contributed by atoms with Gasteiger partial charge in [-0.2, -0.15) is 0 Å². The van der Waals surface area contributed by atoms with Gasteiger partial charge in [0.25, 0.3) is 0 Å². The Morgan fingerprint density at radius 3 is 2.50 bits per heavy atom. The quantitative estimate of drug-likeness (QED) is 0.436. The van der Waals surface area contributed by atoms with Crippen LogP contribution < -0.4 is 0 Å². The van der Waals surface area contributed by atoms with Gasteiger partial charge in [-0.1, -0.05) is 12.2 Å². The Morgan fingerprint density at radius 2 is 1.92 bits per heavy atom. The SMILES string of the molecule is C=CCO[CH]C(O)COCC=C. The third-order valence-electron chi connectivity index (χ3n) is 0.992. The second kappa shape index (κ2) is 8.46. The van der Waals surface area contributed by atoms with Gasteiger partial charge in [0.15, 0.2) is 0 Å².